The first-order valence-corrected chi connectivity index (χ1v) is 12.0. The van der Waals surface area contributed by atoms with Crippen molar-refractivity contribution in [1.82, 2.24) is 5.32 Å². The Morgan fingerprint density at radius 3 is 2.42 bits per heavy atom. The van der Waals surface area contributed by atoms with Gasteiger partial charge in [-0.15, -0.1) is 0 Å². The maximum Gasteiger partial charge on any atom is 0.410 e. The summed E-state index contributed by atoms with van der Waals surface area (Å²) in [6.07, 6.45) is 4.86. The van der Waals surface area contributed by atoms with E-state index in [1.54, 1.807) is 0 Å². The number of aryl methyl sites for hydroxylation is 2. The summed E-state index contributed by atoms with van der Waals surface area (Å²) in [4.78, 5) is 13.1. The second-order valence-electron chi connectivity index (χ2n) is 10.5. The third kappa shape index (κ3) is 4.65. The number of carbonyl (C=O) groups excluding carboxylic acids is 1. The number of aliphatic hydroxyl groups is 2. The number of ether oxygens (including phenoxy) is 1. The Morgan fingerprint density at radius 2 is 1.73 bits per heavy atom. The van der Waals surface area contributed by atoms with Gasteiger partial charge in [0.15, 0.2) is 0 Å². The van der Waals surface area contributed by atoms with Gasteiger partial charge in [-0.3, -0.25) is 0 Å². The summed E-state index contributed by atoms with van der Waals surface area (Å²) in [6.45, 7) is 5.57. The van der Waals surface area contributed by atoms with Crippen LogP contribution in [0.15, 0.2) is 36.4 Å². The maximum absolute atomic E-state index is 13.1. The van der Waals surface area contributed by atoms with Crippen molar-refractivity contribution < 1.29 is 19.7 Å². The van der Waals surface area contributed by atoms with E-state index in [-0.39, 0.29) is 18.7 Å². The van der Waals surface area contributed by atoms with Gasteiger partial charge in [0.05, 0.1) is 12.6 Å². The molecule has 0 aromatic heterocycles. The number of amides is 1. The molecule has 0 saturated heterocycles. The van der Waals surface area contributed by atoms with Crippen LogP contribution in [0.5, 0.6) is 0 Å². The molecule has 0 bridgehead atoms. The lowest BCUT2D eigenvalue weighted by Crippen LogP contribution is -2.47. The number of nitrogens with two attached hydrogens (primary N) is 1. The van der Waals surface area contributed by atoms with Gasteiger partial charge in [-0.25, -0.2) is 4.79 Å². The first-order chi connectivity index (χ1) is 15.6. The van der Waals surface area contributed by atoms with E-state index in [9.17, 15) is 15.0 Å². The third-order valence-corrected chi connectivity index (χ3v) is 7.15. The molecule has 2 aromatic rings. The molecule has 5 N–H and O–H groups in total. The fourth-order valence-electron chi connectivity index (χ4n) is 5.13. The van der Waals surface area contributed by atoms with Gasteiger partial charge in [0.2, 0.25) is 5.79 Å². The van der Waals surface area contributed by atoms with Gasteiger partial charge in [0.1, 0.15) is 0 Å². The predicted octanol–water partition coefficient (Wildman–Crippen LogP) is 4.51. The molecule has 0 fully saturated rings. The Hall–Kier alpha value is -2.41. The number of carbonyl (C=O) groups is 1. The van der Waals surface area contributed by atoms with Crippen LogP contribution < -0.4 is 11.1 Å². The number of alkyl carbamates (subject to hydrolysis) is 1. The number of fused-ring (bicyclic) bond motifs is 2. The quantitative estimate of drug-likeness (QED) is 0.511. The van der Waals surface area contributed by atoms with Crippen LogP contribution in [0.3, 0.4) is 0 Å². The molecular formula is C27H36N2O4. The molecule has 0 heterocycles. The Bertz CT molecular complexity index is 1030. The van der Waals surface area contributed by atoms with E-state index in [4.69, 9.17) is 10.5 Å². The average Bonchev–Trinajstić information content (AvgIpc) is 2.78. The average molecular weight is 453 g/mol. The van der Waals surface area contributed by atoms with Gasteiger partial charge in [0.25, 0.3) is 0 Å². The highest BCUT2D eigenvalue weighted by molar-refractivity contribution is 5.69. The van der Waals surface area contributed by atoms with Crippen LogP contribution in [-0.2, 0) is 30.0 Å². The highest BCUT2D eigenvalue weighted by Gasteiger charge is 2.46. The van der Waals surface area contributed by atoms with E-state index in [1.165, 1.54) is 0 Å². The summed E-state index contributed by atoms with van der Waals surface area (Å²) in [5.41, 5.74) is 11.3. The molecule has 4 rings (SSSR count). The SMILES string of the molecule is CC(C)(C)[C@@](O)(OC(=O)N[C@@H]1CCCc2cc(CO)ccc21)c1ccc2c(c1)CCC[C@H]2N. The van der Waals surface area contributed by atoms with E-state index >= 15 is 0 Å². The Morgan fingerprint density at radius 1 is 1.06 bits per heavy atom. The van der Waals surface area contributed by atoms with Gasteiger partial charge >= 0.3 is 6.09 Å². The van der Waals surface area contributed by atoms with Gasteiger partial charge in [-0.2, -0.15) is 0 Å². The number of benzene rings is 2. The lowest BCUT2D eigenvalue weighted by molar-refractivity contribution is -0.236. The van der Waals surface area contributed by atoms with Gasteiger partial charge in [-0.05, 0) is 72.4 Å². The molecule has 178 valence electrons. The molecule has 6 nitrogen and oxygen atoms in total. The minimum atomic E-state index is -1.80. The fourth-order valence-corrected chi connectivity index (χ4v) is 5.13. The third-order valence-electron chi connectivity index (χ3n) is 7.15. The summed E-state index contributed by atoms with van der Waals surface area (Å²) >= 11 is 0. The van der Waals surface area contributed by atoms with Gasteiger partial charge in [0, 0.05) is 17.0 Å². The lowest BCUT2D eigenvalue weighted by Gasteiger charge is -2.40. The van der Waals surface area contributed by atoms with E-state index < -0.39 is 17.3 Å². The smallest absolute Gasteiger partial charge is 0.410 e. The molecule has 0 spiro atoms. The van der Waals surface area contributed by atoms with Crippen molar-refractivity contribution in [2.75, 3.05) is 0 Å². The monoisotopic (exact) mass is 452 g/mol. The zero-order valence-electron chi connectivity index (χ0n) is 19.9. The molecular weight excluding hydrogens is 416 g/mol. The second kappa shape index (κ2) is 9.09. The standard InChI is InChI=1S/C27H36N2O4/c1-26(2,3)27(32,20-11-13-21-19(15-20)6-4-8-23(21)28)33-25(31)29-24-9-5-7-18-14-17(16-30)10-12-22(18)24/h10-15,23-24,30,32H,4-9,16,28H2,1-3H3,(H,29,31)/t23-,24-,27+/m1/s1. The predicted molar refractivity (Wildman–Crippen MR) is 127 cm³/mol. The largest absolute Gasteiger partial charge is 0.412 e. The van der Waals surface area contributed by atoms with Crippen LogP contribution in [0, 0.1) is 5.41 Å². The van der Waals surface area contributed by atoms with Gasteiger partial charge < -0.3 is 26.0 Å². The van der Waals surface area contributed by atoms with Crippen LogP contribution in [0.25, 0.3) is 0 Å². The van der Waals surface area contributed by atoms with Crippen molar-refractivity contribution in [3.05, 3.63) is 69.8 Å². The van der Waals surface area contributed by atoms with Crippen molar-refractivity contribution >= 4 is 6.09 Å². The molecule has 0 aliphatic heterocycles. The van der Waals surface area contributed by atoms with Crippen molar-refractivity contribution in [3.8, 4) is 0 Å². The number of nitrogens with one attached hydrogen (secondary N) is 1. The highest BCUT2D eigenvalue weighted by Crippen LogP contribution is 2.42. The highest BCUT2D eigenvalue weighted by atomic mass is 16.7. The summed E-state index contributed by atoms with van der Waals surface area (Å²) in [6, 6.07) is 11.4. The van der Waals surface area contributed by atoms with E-state index in [1.807, 2.05) is 57.2 Å². The number of hydrogen-bond donors (Lipinski definition) is 4. The first kappa shape index (κ1) is 23.7. The molecule has 2 aromatic carbocycles. The number of rotatable bonds is 4. The van der Waals surface area contributed by atoms with E-state index in [0.29, 0.717) is 5.56 Å². The zero-order chi connectivity index (χ0) is 23.8. The van der Waals surface area contributed by atoms with Crippen molar-refractivity contribution in [2.24, 2.45) is 11.1 Å². The number of hydrogen-bond acceptors (Lipinski definition) is 5. The Kier molecular flexibility index (Phi) is 6.54. The lowest BCUT2D eigenvalue weighted by atomic mass is 9.78. The van der Waals surface area contributed by atoms with Crippen LogP contribution in [0.4, 0.5) is 4.79 Å². The van der Waals surface area contributed by atoms with Crippen LogP contribution >= 0.6 is 0 Å². The molecule has 33 heavy (non-hydrogen) atoms. The minimum absolute atomic E-state index is 0.00227. The van der Waals surface area contributed by atoms with Crippen molar-refractivity contribution in [3.63, 3.8) is 0 Å². The Labute approximate surface area is 196 Å². The van der Waals surface area contributed by atoms with Crippen molar-refractivity contribution in [1.29, 1.82) is 0 Å². The summed E-state index contributed by atoms with van der Waals surface area (Å²) in [5, 5.41) is 24.1. The molecule has 6 heteroatoms. The molecule has 0 radical (unpaired) electrons. The van der Waals surface area contributed by atoms with Crippen LogP contribution in [-0.4, -0.2) is 16.3 Å². The first-order valence-electron chi connectivity index (χ1n) is 12.0. The zero-order valence-corrected chi connectivity index (χ0v) is 19.9. The van der Waals surface area contributed by atoms with Crippen molar-refractivity contribution in [2.45, 2.75) is 83.8 Å². The molecule has 1 amide bonds. The topological polar surface area (TPSA) is 105 Å². The normalized spacial score (nSPS) is 22.0. The molecule has 3 atom stereocenters. The summed E-state index contributed by atoms with van der Waals surface area (Å²) in [5.74, 6) is -1.80. The van der Waals surface area contributed by atoms with E-state index in [0.717, 1.165) is 66.3 Å². The minimum Gasteiger partial charge on any atom is -0.412 e. The fraction of sp³-hybridized carbons (Fsp3) is 0.519. The Balaban J connectivity index is 1.57. The van der Waals surface area contributed by atoms with Crippen LogP contribution in [0.2, 0.25) is 0 Å². The molecule has 0 saturated carbocycles. The molecule has 0 unspecified atom stereocenters. The second-order valence-corrected chi connectivity index (χ2v) is 10.5. The van der Waals surface area contributed by atoms with Crippen LogP contribution in [0.1, 0.15) is 91.9 Å². The van der Waals surface area contributed by atoms with E-state index in [2.05, 4.69) is 5.32 Å². The molecule has 2 aliphatic rings. The molecule has 2 aliphatic carbocycles. The summed E-state index contributed by atoms with van der Waals surface area (Å²) < 4.78 is 5.80. The summed E-state index contributed by atoms with van der Waals surface area (Å²) in [7, 11) is 0. The maximum atomic E-state index is 13.1. The number of aliphatic hydroxyl groups excluding tert-OH is 1. The van der Waals surface area contributed by atoms with Gasteiger partial charge in [-0.1, -0.05) is 51.1 Å².